The van der Waals surface area contributed by atoms with E-state index in [0.29, 0.717) is 17.1 Å². The molecule has 1 N–H and O–H groups in total. The Morgan fingerprint density at radius 3 is 2.88 bits per heavy atom. The minimum atomic E-state index is -0.421. The zero-order chi connectivity index (χ0) is 17.3. The van der Waals surface area contributed by atoms with Gasteiger partial charge < -0.3 is 0 Å². The second kappa shape index (κ2) is 6.32. The largest absolute Gasteiger partial charge is 0.270 e. The number of aromatic nitrogens is 2. The van der Waals surface area contributed by atoms with Crippen LogP contribution >= 0.6 is 11.3 Å². The van der Waals surface area contributed by atoms with Crippen LogP contribution in [0.25, 0.3) is 10.2 Å². The molecule has 7 nitrogen and oxygen atoms in total. The van der Waals surface area contributed by atoms with Crippen molar-refractivity contribution in [2.45, 2.75) is 20.8 Å². The zero-order valence-corrected chi connectivity index (χ0v) is 14.2. The third-order valence-electron chi connectivity index (χ3n) is 3.77. The van der Waals surface area contributed by atoms with E-state index in [1.54, 1.807) is 30.4 Å². The Labute approximate surface area is 142 Å². The summed E-state index contributed by atoms with van der Waals surface area (Å²) in [4.78, 5) is 21.1. The number of nitrogens with one attached hydrogen (secondary N) is 1. The minimum absolute atomic E-state index is 0.0378. The Morgan fingerprint density at radius 2 is 2.12 bits per heavy atom. The molecule has 3 aromatic rings. The molecule has 0 amide bonds. The molecule has 0 spiro atoms. The number of nitrogens with zero attached hydrogens (tertiary/aromatic N) is 4. The maximum Gasteiger partial charge on any atom is 0.270 e. The number of non-ortho nitro benzene ring substituents is 1. The molecular formula is C16H15N5O2S. The number of thiophene rings is 1. The Morgan fingerprint density at radius 1 is 1.33 bits per heavy atom. The quantitative estimate of drug-likeness (QED) is 0.439. The van der Waals surface area contributed by atoms with Gasteiger partial charge in [0.25, 0.3) is 5.69 Å². The number of fused-ring (bicyclic) bond motifs is 1. The summed E-state index contributed by atoms with van der Waals surface area (Å²) in [7, 11) is 0. The van der Waals surface area contributed by atoms with E-state index in [9.17, 15) is 10.1 Å². The molecule has 2 heterocycles. The number of nitro benzene ring substituents is 1. The lowest BCUT2D eigenvalue weighted by Gasteiger charge is -2.05. The molecule has 0 radical (unpaired) electrons. The molecule has 0 unspecified atom stereocenters. The molecule has 1 aromatic carbocycles. The van der Waals surface area contributed by atoms with Crippen molar-refractivity contribution in [3.8, 4) is 0 Å². The zero-order valence-electron chi connectivity index (χ0n) is 13.4. The molecule has 0 aliphatic heterocycles. The molecule has 8 heteroatoms. The summed E-state index contributed by atoms with van der Waals surface area (Å²) in [6, 6.07) is 6.37. The van der Waals surface area contributed by atoms with E-state index in [0.717, 1.165) is 15.8 Å². The first-order chi connectivity index (χ1) is 11.5. The van der Waals surface area contributed by atoms with Crippen molar-refractivity contribution >= 4 is 38.8 Å². The van der Waals surface area contributed by atoms with Crippen molar-refractivity contribution in [3.63, 3.8) is 0 Å². The number of hydrazone groups is 1. The lowest BCUT2D eigenvalue weighted by atomic mass is 10.1. The van der Waals surface area contributed by atoms with Gasteiger partial charge in [0.1, 0.15) is 11.2 Å². The van der Waals surface area contributed by atoms with Gasteiger partial charge in [0.15, 0.2) is 5.82 Å². The topological polar surface area (TPSA) is 93.3 Å². The predicted molar refractivity (Wildman–Crippen MR) is 95.8 cm³/mol. The average Bonchev–Trinajstić information content (AvgIpc) is 2.87. The molecule has 3 rings (SSSR count). The highest BCUT2D eigenvalue weighted by atomic mass is 32.1. The summed E-state index contributed by atoms with van der Waals surface area (Å²) in [5, 5.41) is 16.2. The van der Waals surface area contributed by atoms with Gasteiger partial charge in [-0.3, -0.25) is 15.5 Å². The van der Waals surface area contributed by atoms with Crippen LogP contribution in [-0.4, -0.2) is 20.6 Å². The maximum atomic E-state index is 10.9. The van der Waals surface area contributed by atoms with E-state index < -0.39 is 4.92 Å². The van der Waals surface area contributed by atoms with Crippen LogP contribution < -0.4 is 5.43 Å². The third-order valence-corrected chi connectivity index (χ3v) is 4.88. The van der Waals surface area contributed by atoms with Crippen LogP contribution in [0, 0.1) is 24.0 Å². The van der Waals surface area contributed by atoms with Gasteiger partial charge in [0.2, 0.25) is 0 Å². The second-order valence-electron chi connectivity index (χ2n) is 5.30. The Bertz CT molecular complexity index is 964. The Balaban J connectivity index is 1.93. The minimum Gasteiger partial charge on any atom is -0.260 e. The summed E-state index contributed by atoms with van der Waals surface area (Å²) < 4.78 is 0. The van der Waals surface area contributed by atoms with E-state index in [4.69, 9.17) is 0 Å². The van der Waals surface area contributed by atoms with Gasteiger partial charge in [-0.2, -0.15) is 5.10 Å². The van der Waals surface area contributed by atoms with Crippen molar-refractivity contribution in [3.05, 3.63) is 56.7 Å². The van der Waals surface area contributed by atoms with Gasteiger partial charge in [-0.25, -0.2) is 9.97 Å². The van der Waals surface area contributed by atoms with Gasteiger partial charge in [-0.15, -0.1) is 11.3 Å². The predicted octanol–water partition coefficient (Wildman–Crippen LogP) is 4.05. The van der Waals surface area contributed by atoms with Gasteiger partial charge >= 0.3 is 0 Å². The summed E-state index contributed by atoms with van der Waals surface area (Å²) in [6.07, 6.45) is 1.50. The van der Waals surface area contributed by atoms with Crippen LogP contribution in [0.15, 0.2) is 35.7 Å². The fourth-order valence-corrected chi connectivity index (χ4v) is 3.31. The number of anilines is 1. The summed E-state index contributed by atoms with van der Waals surface area (Å²) in [6.45, 7) is 5.86. The van der Waals surface area contributed by atoms with E-state index in [1.165, 1.54) is 23.3 Å². The molecule has 0 aliphatic rings. The van der Waals surface area contributed by atoms with Gasteiger partial charge in [-0.05, 0) is 26.3 Å². The van der Waals surface area contributed by atoms with Gasteiger partial charge in [0, 0.05) is 22.6 Å². The average molecular weight is 341 g/mol. The molecule has 2 aromatic heterocycles. The Hall–Kier alpha value is -2.87. The molecule has 0 fully saturated rings. The van der Waals surface area contributed by atoms with Crippen molar-refractivity contribution < 1.29 is 4.92 Å². The number of aryl methyl sites for hydroxylation is 2. The summed E-state index contributed by atoms with van der Waals surface area (Å²) in [5.41, 5.74) is 5.44. The SMILES string of the molecule is C/C(=N\Nc1ncnc2sc(C)c(C)c12)c1cccc([N+](=O)[O-])c1. The Kier molecular flexibility index (Phi) is 4.22. The standard InChI is InChI=1S/C16H15N5O2S/c1-9-11(3)24-16-14(9)15(17-8-18-16)20-19-10(2)12-5-4-6-13(7-12)21(22)23/h4-8H,1-3H3,(H,17,18,20)/b19-10+. The van der Waals surface area contributed by atoms with Crippen LogP contribution in [0.1, 0.15) is 22.9 Å². The van der Waals surface area contributed by atoms with E-state index >= 15 is 0 Å². The van der Waals surface area contributed by atoms with Crippen molar-refractivity contribution in [2.24, 2.45) is 5.10 Å². The summed E-state index contributed by atoms with van der Waals surface area (Å²) >= 11 is 1.61. The molecule has 0 saturated heterocycles. The molecular weight excluding hydrogens is 326 g/mol. The first-order valence-corrected chi connectivity index (χ1v) is 8.05. The molecule has 0 aliphatic carbocycles. The van der Waals surface area contributed by atoms with Crippen LogP contribution in [0.5, 0.6) is 0 Å². The van der Waals surface area contributed by atoms with Crippen LogP contribution in [0.2, 0.25) is 0 Å². The van der Waals surface area contributed by atoms with Crippen molar-refractivity contribution in [1.29, 1.82) is 0 Å². The van der Waals surface area contributed by atoms with Gasteiger partial charge in [-0.1, -0.05) is 12.1 Å². The van der Waals surface area contributed by atoms with E-state index in [2.05, 4.69) is 20.5 Å². The highest BCUT2D eigenvalue weighted by Crippen LogP contribution is 2.32. The number of rotatable bonds is 4. The molecule has 0 saturated carbocycles. The van der Waals surface area contributed by atoms with Gasteiger partial charge in [0.05, 0.1) is 16.0 Å². The van der Waals surface area contributed by atoms with E-state index in [1.807, 2.05) is 13.8 Å². The normalized spacial score (nSPS) is 11.7. The molecule has 24 heavy (non-hydrogen) atoms. The number of nitro groups is 1. The fraction of sp³-hybridized carbons (Fsp3) is 0.188. The highest BCUT2D eigenvalue weighted by Gasteiger charge is 2.12. The maximum absolute atomic E-state index is 10.9. The molecule has 122 valence electrons. The number of hydrogen-bond donors (Lipinski definition) is 1. The first-order valence-electron chi connectivity index (χ1n) is 7.23. The van der Waals surface area contributed by atoms with Crippen LogP contribution in [0.3, 0.4) is 0 Å². The number of hydrogen-bond acceptors (Lipinski definition) is 7. The second-order valence-corrected chi connectivity index (χ2v) is 6.51. The molecule has 0 bridgehead atoms. The van der Waals surface area contributed by atoms with E-state index in [-0.39, 0.29) is 5.69 Å². The van der Waals surface area contributed by atoms with Crippen molar-refractivity contribution in [1.82, 2.24) is 9.97 Å². The highest BCUT2D eigenvalue weighted by molar-refractivity contribution is 7.18. The van der Waals surface area contributed by atoms with Crippen LogP contribution in [-0.2, 0) is 0 Å². The summed E-state index contributed by atoms with van der Waals surface area (Å²) in [5.74, 6) is 0.631. The molecule has 0 atom stereocenters. The lowest BCUT2D eigenvalue weighted by Crippen LogP contribution is -2.02. The first kappa shape index (κ1) is 16.0. The lowest BCUT2D eigenvalue weighted by molar-refractivity contribution is -0.384. The van der Waals surface area contributed by atoms with Crippen molar-refractivity contribution in [2.75, 3.05) is 5.43 Å². The monoisotopic (exact) mass is 341 g/mol. The number of benzene rings is 1. The smallest absolute Gasteiger partial charge is 0.260 e. The van der Waals surface area contributed by atoms with Crippen LogP contribution in [0.4, 0.5) is 11.5 Å². The fourth-order valence-electron chi connectivity index (χ4n) is 2.31. The third kappa shape index (κ3) is 2.95.